The van der Waals surface area contributed by atoms with Crippen LogP contribution in [0, 0.1) is 0 Å². The van der Waals surface area contributed by atoms with Crippen molar-refractivity contribution in [2.75, 3.05) is 14.1 Å². The zero-order valence-electron chi connectivity index (χ0n) is 7.88. The van der Waals surface area contributed by atoms with Crippen LogP contribution in [0.1, 0.15) is 25.7 Å². The maximum atomic E-state index is 2.53. The molecule has 2 nitrogen and oxygen atoms in total. The largest absolute Gasteiger partial charge is 0.371 e. The minimum atomic E-state index is 0.830. The van der Waals surface area contributed by atoms with Crippen LogP contribution in [0.2, 0.25) is 0 Å². The fourth-order valence-electron chi connectivity index (χ4n) is 3.31. The van der Waals surface area contributed by atoms with Crippen molar-refractivity contribution in [3.63, 3.8) is 0 Å². The monoisotopic (exact) mass is 164 g/mol. The second-order valence-electron chi connectivity index (χ2n) is 4.33. The highest BCUT2D eigenvalue weighted by Crippen LogP contribution is 2.45. The summed E-state index contributed by atoms with van der Waals surface area (Å²) in [6, 6.07) is 1.66. The van der Waals surface area contributed by atoms with Gasteiger partial charge >= 0.3 is 0 Å². The van der Waals surface area contributed by atoms with Crippen LogP contribution in [0.5, 0.6) is 0 Å². The Kier molecular flexibility index (Phi) is 1.12. The van der Waals surface area contributed by atoms with Crippen LogP contribution in [0.4, 0.5) is 0 Å². The van der Waals surface area contributed by atoms with E-state index in [1.54, 1.807) is 11.4 Å². The van der Waals surface area contributed by atoms with E-state index in [0.29, 0.717) is 0 Å². The zero-order valence-corrected chi connectivity index (χ0v) is 7.88. The maximum absolute atomic E-state index is 2.53. The lowest BCUT2D eigenvalue weighted by Crippen LogP contribution is -2.60. The van der Waals surface area contributed by atoms with Crippen molar-refractivity contribution in [3.8, 4) is 0 Å². The van der Waals surface area contributed by atoms with E-state index >= 15 is 0 Å². The molecule has 66 valence electrons. The molecular formula is C10H16N2. The minimum Gasteiger partial charge on any atom is -0.371 e. The Morgan fingerprint density at radius 2 is 1.33 bits per heavy atom. The van der Waals surface area contributed by atoms with Crippen LogP contribution >= 0.6 is 0 Å². The van der Waals surface area contributed by atoms with Gasteiger partial charge < -0.3 is 9.80 Å². The van der Waals surface area contributed by atoms with Gasteiger partial charge in [-0.3, -0.25) is 0 Å². The Labute approximate surface area is 73.8 Å². The van der Waals surface area contributed by atoms with Gasteiger partial charge in [0.1, 0.15) is 0 Å². The number of likely N-dealkylation sites (N-methyl/N-ethyl adjacent to an activating group) is 2. The highest BCUT2D eigenvalue weighted by atomic mass is 15.3. The molecular weight excluding hydrogens is 148 g/mol. The van der Waals surface area contributed by atoms with E-state index in [-0.39, 0.29) is 0 Å². The zero-order chi connectivity index (χ0) is 8.29. The molecule has 2 unspecified atom stereocenters. The van der Waals surface area contributed by atoms with Crippen molar-refractivity contribution in [1.29, 1.82) is 0 Å². The van der Waals surface area contributed by atoms with Gasteiger partial charge in [0.2, 0.25) is 0 Å². The molecule has 2 heteroatoms. The molecule has 12 heavy (non-hydrogen) atoms. The van der Waals surface area contributed by atoms with Gasteiger partial charge in [-0.05, 0) is 25.7 Å². The van der Waals surface area contributed by atoms with E-state index in [2.05, 4.69) is 23.9 Å². The minimum absolute atomic E-state index is 0.830. The third-order valence-corrected chi connectivity index (χ3v) is 3.98. The number of piperidine rings is 2. The van der Waals surface area contributed by atoms with Crippen molar-refractivity contribution in [3.05, 3.63) is 11.4 Å². The van der Waals surface area contributed by atoms with Gasteiger partial charge in [-0.15, -0.1) is 0 Å². The van der Waals surface area contributed by atoms with Crippen LogP contribution in [-0.2, 0) is 0 Å². The van der Waals surface area contributed by atoms with Crippen LogP contribution in [-0.4, -0.2) is 36.0 Å². The van der Waals surface area contributed by atoms with Gasteiger partial charge in [0.05, 0.1) is 0 Å². The van der Waals surface area contributed by atoms with Crippen molar-refractivity contribution in [1.82, 2.24) is 9.80 Å². The van der Waals surface area contributed by atoms with Crippen LogP contribution in [0.3, 0.4) is 0 Å². The smallest absolute Gasteiger partial charge is 0.0491 e. The fraction of sp³-hybridized carbons (Fsp3) is 0.800. The Morgan fingerprint density at radius 1 is 0.917 bits per heavy atom. The Hall–Kier alpha value is -0.660. The maximum Gasteiger partial charge on any atom is 0.0491 e. The predicted octanol–water partition coefficient (Wildman–Crippen LogP) is 1.40. The number of hydrogen-bond acceptors (Lipinski definition) is 2. The molecule has 0 spiro atoms. The second-order valence-corrected chi connectivity index (χ2v) is 4.33. The Morgan fingerprint density at radius 3 is 1.67 bits per heavy atom. The third-order valence-electron chi connectivity index (χ3n) is 3.98. The molecule has 0 aromatic rings. The molecule has 0 amide bonds. The first kappa shape index (κ1) is 6.81. The molecule has 2 atom stereocenters. The molecule has 5 aliphatic heterocycles. The van der Waals surface area contributed by atoms with E-state index in [4.69, 9.17) is 0 Å². The van der Waals surface area contributed by atoms with E-state index in [0.717, 1.165) is 12.1 Å². The SMILES string of the molecule is CN1C2=C3CCC1C(CC2)N3C. The predicted molar refractivity (Wildman–Crippen MR) is 48.6 cm³/mol. The average Bonchev–Trinajstić information content (AvgIpc) is 2.03. The molecule has 5 heterocycles. The first-order valence-corrected chi connectivity index (χ1v) is 4.96. The molecule has 5 rings (SSSR count). The molecule has 2 fully saturated rings. The van der Waals surface area contributed by atoms with Crippen LogP contribution < -0.4 is 0 Å². The fourth-order valence-corrected chi connectivity index (χ4v) is 3.31. The molecule has 4 bridgehead atoms. The van der Waals surface area contributed by atoms with Crippen molar-refractivity contribution in [2.45, 2.75) is 37.8 Å². The Balaban J connectivity index is 2.15. The number of hydrogen-bond donors (Lipinski definition) is 0. The number of nitrogens with zero attached hydrogens (tertiary/aromatic N) is 2. The van der Waals surface area contributed by atoms with E-state index in [1.165, 1.54) is 25.7 Å². The summed E-state index contributed by atoms with van der Waals surface area (Å²) >= 11 is 0. The molecule has 2 saturated heterocycles. The molecule has 0 radical (unpaired) electrons. The van der Waals surface area contributed by atoms with E-state index < -0.39 is 0 Å². The molecule has 0 aliphatic carbocycles. The lowest BCUT2D eigenvalue weighted by Gasteiger charge is -2.57. The second kappa shape index (κ2) is 1.98. The van der Waals surface area contributed by atoms with Gasteiger partial charge in [0.15, 0.2) is 0 Å². The highest BCUT2D eigenvalue weighted by Gasteiger charge is 2.44. The first-order chi connectivity index (χ1) is 5.79. The lowest BCUT2D eigenvalue weighted by atomic mass is 9.79. The summed E-state index contributed by atoms with van der Waals surface area (Å²) in [6.07, 6.45) is 5.45. The van der Waals surface area contributed by atoms with Gasteiger partial charge in [0.25, 0.3) is 0 Å². The molecule has 0 N–H and O–H groups in total. The topological polar surface area (TPSA) is 6.48 Å². The van der Waals surface area contributed by atoms with Crippen LogP contribution in [0.25, 0.3) is 0 Å². The third kappa shape index (κ3) is 0.584. The summed E-state index contributed by atoms with van der Waals surface area (Å²) in [5.74, 6) is 0. The molecule has 0 aromatic carbocycles. The average molecular weight is 164 g/mol. The van der Waals surface area contributed by atoms with Gasteiger partial charge in [-0.25, -0.2) is 0 Å². The first-order valence-electron chi connectivity index (χ1n) is 4.96. The van der Waals surface area contributed by atoms with E-state index in [1.807, 2.05) is 0 Å². The van der Waals surface area contributed by atoms with Crippen molar-refractivity contribution >= 4 is 0 Å². The van der Waals surface area contributed by atoms with E-state index in [9.17, 15) is 0 Å². The summed E-state index contributed by atoms with van der Waals surface area (Å²) in [6.45, 7) is 0. The highest BCUT2D eigenvalue weighted by molar-refractivity contribution is 5.27. The number of fused-ring (bicyclic) bond motifs is 2. The van der Waals surface area contributed by atoms with Gasteiger partial charge in [-0.1, -0.05) is 0 Å². The quantitative estimate of drug-likeness (QED) is 0.534. The lowest BCUT2D eigenvalue weighted by molar-refractivity contribution is 0.0406. The normalized spacial score (nSPS) is 38.5. The summed E-state index contributed by atoms with van der Waals surface area (Å²) in [5, 5.41) is 0. The summed E-state index contributed by atoms with van der Waals surface area (Å²) in [4.78, 5) is 5.07. The van der Waals surface area contributed by atoms with Crippen molar-refractivity contribution < 1.29 is 0 Å². The standard InChI is InChI=1S/C10H16N2/c1-11-7-3-5-9-8(11)4-6-10(7)12(9)2/h7,10H,3-6H2,1-2H3. The summed E-state index contributed by atoms with van der Waals surface area (Å²) in [5.41, 5.74) is 3.27. The van der Waals surface area contributed by atoms with Gasteiger partial charge in [-0.2, -0.15) is 0 Å². The Bertz CT molecular complexity index is 231. The summed E-state index contributed by atoms with van der Waals surface area (Å²) in [7, 11) is 4.55. The van der Waals surface area contributed by atoms with Crippen molar-refractivity contribution in [2.24, 2.45) is 0 Å². The van der Waals surface area contributed by atoms with Gasteiger partial charge in [0, 0.05) is 37.6 Å². The summed E-state index contributed by atoms with van der Waals surface area (Å²) < 4.78 is 0. The number of allylic oxidation sites excluding steroid dienone is 2. The molecule has 0 aromatic heterocycles. The molecule has 5 aliphatic rings. The number of rotatable bonds is 0. The van der Waals surface area contributed by atoms with Crippen LogP contribution in [0.15, 0.2) is 11.4 Å². The molecule has 0 saturated carbocycles.